The van der Waals surface area contributed by atoms with Crippen molar-refractivity contribution in [1.29, 1.82) is 0 Å². The zero-order valence-electron chi connectivity index (χ0n) is 9.34. The van der Waals surface area contributed by atoms with Crippen molar-refractivity contribution in [2.24, 2.45) is 5.92 Å². The van der Waals surface area contributed by atoms with Gasteiger partial charge in [-0.15, -0.1) is 0 Å². The summed E-state index contributed by atoms with van der Waals surface area (Å²) in [6.07, 6.45) is 3.29. The van der Waals surface area contributed by atoms with E-state index in [1.54, 1.807) is 10.7 Å². The molecule has 0 atom stereocenters. The van der Waals surface area contributed by atoms with Crippen LogP contribution in [0.4, 0.5) is 0 Å². The van der Waals surface area contributed by atoms with Crippen LogP contribution in [-0.4, -0.2) is 9.78 Å². The fourth-order valence-electron chi connectivity index (χ4n) is 1.48. The minimum atomic E-state index is 0.102. The predicted molar refractivity (Wildman–Crippen MR) is 58.5 cm³/mol. The Morgan fingerprint density at radius 3 is 2.79 bits per heavy atom. The van der Waals surface area contributed by atoms with E-state index in [2.05, 4.69) is 25.9 Å². The van der Waals surface area contributed by atoms with Gasteiger partial charge in [0.05, 0.1) is 0 Å². The molecule has 3 heteroatoms. The Morgan fingerprint density at radius 2 is 2.21 bits per heavy atom. The summed E-state index contributed by atoms with van der Waals surface area (Å²) in [5.41, 5.74) is 1.17. The van der Waals surface area contributed by atoms with Gasteiger partial charge in [0, 0.05) is 18.3 Å². The van der Waals surface area contributed by atoms with E-state index < -0.39 is 0 Å². The van der Waals surface area contributed by atoms with Crippen LogP contribution < -0.4 is 5.56 Å². The molecule has 0 saturated heterocycles. The van der Waals surface area contributed by atoms with Gasteiger partial charge in [0.1, 0.15) is 0 Å². The number of aryl methyl sites for hydroxylation is 1. The van der Waals surface area contributed by atoms with E-state index in [-0.39, 0.29) is 5.56 Å². The molecule has 1 heterocycles. The minimum absolute atomic E-state index is 0.102. The van der Waals surface area contributed by atoms with Crippen molar-refractivity contribution in [3.63, 3.8) is 0 Å². The summed E-state index contributed by atoms with van der Waals surface area (Å²) < 4.78 is 1.70. The molecule has 0 aliphatic heterocycles. The lowest BCUT2D eigenvalue weighted by Crippen LogP contribution is -2.18. The van der Waals surface area contributed by atoms with E-state index >= 15 is 0 Å². The molecule has 1 N–H and O–H groups in total. The molecule has 0 aliphatic carbocycles. The van der Waals surface area contributed by atoms with Gasteiger partial charge in [0.2, 0.25) is 0 Å². The van der Waals surface area contributed by atoms with E-state index in [1.807, 2.05) is 0 Å². The standard InChI is InChI=1S/C11H20N2O/c1-4-5-6-10-7-11(14)13(12-10)8-9(2)3/h7,9,12H,4-6,8H2,1-3H3. The zero-order chi connectivity index (χ0) is 10.6. The van der Waals surface area contributed by atoms with Crippen LogP contribution in [0.25, 0.3) is 0 Å². The Hall–Kier alpha value is -0.990. The molecule has 0 bridgehead atoms. The smallest absolute Gasteiger partial charge is 0.266 e. The summed E-state index contributed by atoms with van der Waals surface area (Å²) in [5, 5.41) is 3.15. The molecule has 0 fully saturated rings. The highest BCUT2D eigenvalue weighted by atomic mass is 16.1. The molecule has 0 unspecified atom stereocenters. The lowest BCUT2D eigenvalue weighted by molar-refractivity contribution is 0.469. The quantitative estimate of drug-likeness (QED) is 0.770. The van der Waals surface area contributed by atoms with Gasteiger partial charge in [-0.05, 0) is 18.8 Å². The first-order valence-corrected chi connectivity index (χ1v) is 5.42. The lowest BCUT2D eigenvalue weighted by atomic mass is 10.2. The van der Waals surface area contributed by atoms with Gasteiger partial charge >= 0.3 is 0 Å². The monoisotopic (exact) mass is 196 g/mol. The molecule has 3 nitrogen and oxygen atoms in total. The van der Waals surface area contributed by atoms with Crippen molar-refractivity contribution in [2.75, 3.05) is 0 Å². The second-order valence-corrected chi connectivity index (χ2v) is 4.23. The van der Waals surface area contributed by atoms with Gasteiger partial charge in [-0.3, -0.25) is 14.6 Å². The average Bonchev–Trinajstić information content (AvgIpc) is 2.43. The van der Waals surface area contributed by atoms with E-state index in [0.29, 0.717) is 5.92 Å². The highest BCUT2D eigenvalue weighted by molar-refractivity contribution is 4.99. The van der Waals surface area contributed by atoms with Crippen molar-refractivity contribution in [2.45, 2.75) is 46.6 Å². The highest BCUT2D eigenvalue weighted by Gasteiger charge is 2.03. The van der Waals surface area contributed by atoms with Crippen molar-refractivity contribution in [3.8, 4) is 0 Å². The maximum Gasteiger partial charge on any atom is 0.266 e. The Bertz CT molecular complexity index is 322. The highest BCUT2D eigenvalue weighted by Crippen LogP contribution is 2.00. The molecule has 0 radical (unpaired) electrons. The minimum Gasteiger partial charge on any atom is -0.300 e. The first-order chi connectivity index (χ1) is 6.63. The van der Waals surface area contributed by atoms with Gasteiger partial charge in [-0.25, -0.2) is 0 Å². The first kappa shape index (κ1) is 11.1. The number of hydrogen-bond donors (Lipinski definition) is 1. The number of rotatable bonds is 5. The first-order valence-electron chi connectivity index (χ1n) is 5.42. The summed E-state index contributed by atoms with van der Waals surface area (Å²) in [6, 6.07) is 1.72. The van der Waals surface area contributed by atoms with Crippen LogP contribution in [0.2, 0.25) is 0 Å². The van der Waals surface area contributed by atoms with Crippen LogP contribution in [0, 0.1) is 5.92 Å². The second kappa shape index (κ2) is 5.03. The summed E-state index contributed by atoms with van der Waals surface area (Å²) in [7, 11) is 0. The Labute approximate surface area is 85.1 Å². The largest absolute Gasteiger partial charge is 0.300 e. The molecule has 1 aromatic rings. The van der Waals surface area contributed by atoms with Crippen molar-refractivity contribution in [3.05, 3.63) is 22.1 Å². The van der Waals surface area contributed by atoms with Crippen LogP contribution in [0.3, 0.4) is 0 Å². The normalized spacial score (nSPS) is 11.1. The molecule has 1 rings (SSSR count). The molecular weight excluding hydrogens is 176 g/mol. The Kier molecular flexibility index (Phi) is 3.98. The van der Waals surface area contributed by atoms with E-state index in [4.69, 9.17) is 0 Å². The van der Waals surface area contributed by atoms with Crippen molar-refractivity contribution < 1.29 is 0 Å². The van der Waals surface area contributed by atoms with Gasteiger partial charge in [-0.1, -0.05) is 27.2 Å². The van der Waals surface area contributed by atoms with E-state index in [1.165, 1.54) is 0 Å². The number of nitrogens with one attached hydrogen (secondary N) is 1. The Morgan fingerprint density at radius 1 is 1.50 bits per heavy atom. The fourth-order valence-corrected chi connectivity index (χ4v) is 1.48. The molecule has 0 saturated carbocycles. The molecule has 80 valence electrons. The number of aromatic amines is 1. The average molecular weight is 196 g/mol. The number of nitrogens with zero attached hydrogens (tertiary/aromatic N) is 1. The lowest BCUT2D eigenvalue weighted by Gasteiger charge is -2.04. The van der Waals surface area contributed by atoms with Crippen LogP contribution in [0.15, 0.2) is 10.9 Å². The second-order valence-electron chi connectivity index (χ2n) is 4.23. The topological polar surface area (TPSA) is 37.8 Å². The molecule has 0 aromatic carbocycles. The maximum absolute atomic E-state index is 11.5. The van der Waals surface area contributed by atoms with Crippen LogP contribution in [0.5, 0.6) is 0 Å². The van der Waals surface area contributed by atoms with Gasteiger partial charge < -0.3 is 0 Å². The van der Waals surface area contributed by atoms with E-state index in [0.717, 1.165) is 31.5 Å². The van der Waals surface area contributed by atoms with Gasteiger partial charge in [-0.2, -0.15) is 0 Å². The third-order valence-electron chi connectivity index (χ3n) is 2.19. The summed E-state index contributed by atoms with van der Waals surface area (Å²) >= 11 is 0. The van der Waals surface area contributed by atoms with Crippen molar-refractivity contribution >= 4 is 0 Å². The van der Waals surface area contributed by atoms with Crippen LogP contribution >= 0.6 is 0 Å². The molecule has 0 aliphatic rings. The van der Waals surface area contributed by atoms with Gasteiger partial charge in [0.15, 0.2) is 0 Å². The molecule has 14 heavy (non-hydrogen) atoms. The SMILES string of the molecule is CCCCc1cc(=O)n(CC(C)C)[nH]1. The predicted octanol–water partition coefficient (Wildman–Crippen LogP) is 2.18. The fraction of sp³-hybridized carbons (Fsp3) is 0.727. The maximum atomic E-state index is 11.5. The summed E-state index contributed by atoms with van der Waals surface area (Å²) in [4.78, 5) is 11.5. The molecule has 0 spiro atoms. The summed E-state index contributed by atoms with van der Waals surface area (Å²) in [5.74, 6) is 0.505. The Balaban J connectivity index is 2.67. The third kappa shape index (κ3) is 3.05. The number of unbranched alkanes of at least 4 members (excludes halogenated alkanes) is 1. The molecular formula is C11H20N2O. The number of hydrogen-bond acceptors (Lipinski definition) is 1. The van der Waals surface area contributed by atoms with Crippen molar-refractivity contribution in [1.82, 2.24) is 9.78 Å². The third-order valence-corrected chi connectivity index (χ3v) is 2.19. The number of aromatic nitrogens is 2. The van der Waals surface area contributed by atoms with Crippen LogP contribution in [0.1, 0.15) is 39.3 Å². The van der Waals surface area contributed by atoms with Gasteiger partial charge in [0.25, 0.3) is 5.56 Å². The molecule has 0 amide bonds. The number of H-pyrrole nitrogens is 1. The van der Waals surface area contributed by atoms with Crippen LogP contribution in [-0.2, 0) is 13.0 Å². The zero-order valence-corrected chi connectivity index (χ0v) is 9.34. The van der Waals surface area contributed by atoms with E-state index in [9.17, 15) is 4.79 Å². The summed E-state index contributed by atoms with van der Waals surface area (Å²) in [6.45, 7) is 7.16. The molecule has 1 aromatic heterocycles.